The summed E-state index contributed by atoms with van der Waals surface area (Å²) in [6.45, 7) is 7.07. The zero-order valence-electron chi connectivity index (χ0n) is 27.0. The smallest absolute Gasteiger partial charge is 0.134 e. The number of aromatic nitrogens is 4. The second kappa shape index (κ2) is 20.4. The highest BCUT2D eigenvalue weighted by atomic mass is 16.5. The first-order chi connectivity index (χ1) is 21.2. The number of nitrogens with zero attached hydrogens (tertiary/aromatic N) is 4. The van der Waals surface area contributed by atoms with Gasteiger partial charge in [-0.2, -0.15) is 20.4 Å². The number of benzene rings is 2. The average Bonchev–Trinajstić information content (AvgIpc) is 3.03. The van der Waals surface area contributed by atoms with E-state index in [0.29, 0.717) is 18.8 Å². The van der Waals surface area contributed by atoms with Gasteiger partial charge in [-0.25, -0.2) is 0 Å². The van der Waals surface area contributed by atoms with Crippen LogP contribution in [0.3, 0.4) is 0 Å². The molecule has 2 heterocycles. The molecule has 0 bridgehead atoms. The molecule has 0 N–H and O–H groups in total. The number of ether oxygens (including phenoxy) is 2. The van der Waals surface area contributed by atoms with Gasteiger partial charge in [0.25, 0.3) is 0 Å². The van der Waals surface area contributed by atoms with Gasteiger partial charge in [0, 0.05) is 25.0 Å². The lowest BCUT2D eigenvalue weighted by Gasteiger charge is -2.20. The van der Waals surface area contributed by atoms with E-state index in [4.69, 9.17) is 9.47 Å². The van der Waals surface area contributed by atoms with Gasteiger partial charge in [0.15, 0.2) is 0 Å². The second-order valence-corrected chi connectivity index (χ2v) is 10.8. The van der Waals surface area contributed by atoms with E-state index in [0.717, 1.165) is 34.0 Å². The third kappa shape index (κ3) is 15.1. The van der Waals surface area contributed by atoms with Crippen LogP contribution in [0.1, 0.15) is 80.1 Å². The Labute approximate surface area is 262 Å². The molecule has 0 spiro atoms. The first kappa shape index (κ1) is 35.7. The van der Waals surface area contributed by atoms with Gasteiger partial charge in [0.2, 0.25) is 0 Å². The van der Waals surface area contributed by atoms with Gasteiger partial charge in [-0.15, -0.1) is 0 Å². The van der Waals surface area contributed by atoms with Crippen molar-refractivity contribution in [3.05, 3.63) is 107 Å². The molecule has 234 valence electrons. The monoisotopic (exact) mass is 598 g/mol. The van der Waals surface area contributed by atoms with Crippen LogP contribution in [0.15, 0.2) is 79.0 Å². The first-order valence-corrected chi connectivity index (χ1v) is 15.0. The second-order valence-electron chi connectivity index (χ2n) is 10.8. The quantitative estimate of drug-likeness (QED) is 0.219. The minimum atomic E-state index is 0.181. The number of hydrogen-bond acceptors (Lipinski definition) is 8. The molecule has 0 aliphatic heterocycles. The number of methoxy groups -OCH3 is 2. The topological polar surface area (TPSA) is 104 Å². The van der Waals surface area contributed by atoms with Crippen molar-refractivity contribution in [2.24, 2.45) is 0 Å². The van der Waals surface area contributed by atoms with Crippen molar-refractivity contribution in [2.75, 3.05) is 14.2 Å². The molecular formula is C36H46N4O4. The van der Waals surface area contributed by atoms with Gasteiger partial charge in [-0.3, -0.25) is 9.59 Å². The summed E-state index contributed by atoms with van der Waals surface area (Å²) in [5.74, 6) is 2.69. The third-order valence-corrected chi connectivity index (χ3v) is 6.77. The molecule has 2 aromatic carbocycles. The van der Waals surface area contributed by atoms with E-state index < -0.39 is 0 Å². The van der Waals surface area contributed by atoms with E-state index in [1.54, 1.807) is 34.3 Å². The van der Waals surface area contributed by atoms with Crippen molar-refractivity contribution in [3.8, 4) is 11.5 Å². The lowest BCUT2D eigenvalue weighted by molar-refractivity contribution is -0.117. The highest BCUT2D eigenvalue weighted by molar-refractivity contribution is 5.78. The molecule has 0 unspecified atom stereocenters. The van der Waals surface area contributed by atoms with Crippen LogP contribution >= 0.6 is 0 Å². The molecule has 1 saturated carbocycles. The fraction of sp³-hybridized carbons (Fsp3) is 0.389. The molecule has 0 saturated heterocycles. The van der Waals surface area contributed by atoms with E-state index in [-0.39, 0.29) is 11.6 Å². The van der Waals surface area contributed by atoms with Crippen LogP contribution in [0, 0.1) is 13.8 Å². The number of carbonyl (C=O) groups is 2. The van der Waals surface area contributed by atoms with Crippen molar-refractivity contribution in [1.29, 1.82) is 0 Å². The summed E-state index contributed by atoms with van der Waals surface area (Å²) in [7, 11) is 3.25. The van der Waals surface area contributed by atoms with E-state index >= 15 is 0 Å². The fourth-order valence-electron chi connectivity index (χ4n) is 4.47. The van der Waals surface area contributed by atoms with Gasteiger partial charge in [-0.1, -0.05) is 43.5 Å². The minimum Gasteiger partial charge on any atom is -0.497 e. The lowest BCUT2D eigenvalue weighted by Crippen LogP contribution is -2.07. The molecule has 2 aromatic heterocycles. The third-order valence-electron chi connectivity index (χ3n) is 6.77. The summed E-state index contributed by atoms with van der Waals surface area (Å²) >= 11 is 0. The van der Waals surface area contributed by atoms with Gasteiger partial charge >= 0.3 is 0 Å². The summed E-state index contributed by atoms with van der Waals surface area (Å²) in [6, 6.07) is 23.0. The molecule has 4 aromatic rings. The average molecular weight is 599 g/mol. The van der Waals surface area contributed by atoms with Gasteiger partial charge in [0.05, 0.1) is 31.3 Å². The molecule has 44 heavy (non-hydrogen) atoms. The Morgan fingerprint density at radius 3 is 1.50 bits per heavy atom. The van der Waals surface area contributed by atoms with Gasteiger partial charge < -0.3 is 9.47 Å². The van der Waals surface area contributed by atoms with Crippen molar-refractivity contribution in [3.63, 3.8) is 0 Å². The van der Waals surface area contributed by atoms with Crippen LogP contribution in [-0.4, -0.2) is 46.2 Å². The van der Waals surface area contributed by atoms with Crippen LogP contribution in [-0.2, 0) is 22.4 Å². The number of hydrogen-bond donors (Lipinski definition) is 0. The van der Waals surface area contributed by atoms with E-state index in [1.165, 1.54) is 37.8 Å². The van der Waals surface area contributed by atoms with E-state index in [2.05, 4.69) is 32.5 Å². The molecular weight excluding hydrogens is 552 g/mol. The zero-order valence-corrected chi connectivity index (χ0v) is 27.0. The van der Waals surface area contributed by atoms with Crippen molar-refractivity contribution in [2.45, 2.75) is 78.6 Å². The Kier molecular flexibility index (Phi) is 16.6. The lowest BCUT2D eigenvalue weighted by atomic mass is 9.87. The predicted octanol–water partition coefficient (Wildman–Crippen LogP) is 7.27. The predicted molar refractivity (Wildman–Crippen MR) is 174 cm³/mol. The van der Waals surface area contributed by atoms with E-state index in [1.807, 2.05) is 74.5 Å². The van der Waals surface area contributed by atoms with Crippen LogP contribution in [0.5, 0.6) is 11.5 Å². The van der Waals surface area contributed by atoms with Crippen LogP contribution in [0.25, 0.3) is 0 Å². The first-order valence-electron chi connectivity index (χ1n) is 15.0. The Morgan fingerprint density at radius 1 is 0.659 bits per heavy atom. The molecule has 0 radical (unpaired) electrons. The Balaban J connectivity index is 0.000000209. The number of carbonyl (C=O) groups excluding carboxylic acids is 2. The largest absolute Gasteiger partial charge is 0.497 e. The maximum Gasteiger partial charge on any atom is 0.134 e. The molecule has 5 rings (SSSR count). The normalized spacial score (nSPS) is 12.1. The maximum atomic E-state index is 10.7. The molecule has 1 aliphatic carbocycles. The fourth-order valence-corrected chi connectivity index (χ4v) is 4.47. The molecule has 1 aliphatic rings. The molecule has 0 atom stereocenters. The van der Waals surface area contributed by atoms with Gasteiger partial charge in [-0.05, 0) is 100 Å². The van der Waals surface area contributed by atoms with Crippen LogP contribution in [0.2, 0.25) is 0 Å². The highest BCUT2D eigenvalue weighted by Crippen LogP contribution is 2.30. The van der Waals surface area contributed by atoms with Crippen molar-refractivity contribution >= 4 is 11.6 Å². The number of Topliss-reactive ketones (excluding diaryl/α,β-unsaturated/α-hetero) is 2. The Bertz CT molecular complexity index is 1290. The zero-order chi connectivity index (χ0) is 32.2. The Hall–Kier alpha value is -4.46. The SMILES string of the molecule is COc1ccc(CC(C)=O)cc1.COc1ccc(CC(C)=O)cc1.Cc1ccc(C2CCCCC2)nn1.Cc1cccnn1. The summed E-state index contributed by atoms with van der Waals surface area (Å²) in [5.41, 5.74) is 5.24. The van der Waals surface area contributed by atoms with Crippen molar-refractivity contribution < 1.29 is 19.1 Å². The standard InChI is InChI=1S/C11H16N2.2C10H12O2.C5H6N2/c1-9-7-8-11(13-12-9)10-5-3-2-4-6-10;2*1-8(11)7-9-3-5-10(12-2)6-4-9;1-5-3-2-4-6-7-5/h7-8,10H,2-6H2,1H3;2*3-6H,7H2,1-2H3;2-4H,1H3. The molecule has 0 amide bonds. The summed E-state index contributed by atoms with van der Waals surface area (Å²) in [4.78, 5) is 21.5. The molecule has 8 nitrogen and oxygen atoms in total. The molecule has 8 heteroatoms. The van der Waals surface area contributed by atoms with E-state index in [9.17, 15) is 9.59 Å². The number of ketones is 2. The summed E-state index contributed by atoms with van der Waals surface area (Å²) < 4.78 is 9.98. The molecule has 1 fully saturated rings. The van der Waals surface area contributed by atoms with Crippen LogP contribution < -0.4 is 9.47 Å². The maximum absolute atomic E-state index is 10.7. The highest BCUT2D eigenvalue weighted by Gasteiger charge is 2.16. The summed E-state index contributed by atoms with van der Waals surface area (Å²) in [5, 5.41) is 15.7. The van der Waals surface area contributed by atoms with Gasteiger partial charge in [0.1, 0.15) is 23.1 Å². The minimum absolute atomic E-state index is 0.181. The Morgan fingerprint density at radius 2 is 1.16 bits per heavy atom. The number of aryl methyl sites for hydroxylation is 2. The number of rotatable bonds is 7. The van der Waals surface area contributed by atoms with Crippen LogP contribution in [0.4, 0.5) is 0 Å². The summed E-state index contributed by atoms with van der Waals surface area (Å²) in [6.07, 6.45) is 9.40. The van der Waals surface area contributed by atoms with Crippen molar-refractivity contribution in [1.82, 2.24) is 20.4 Å².